The minimum absolute atomic E-state index is 0.121. The Morgan fingerprint density at radius 2 is 2.06 bits per heavy atom. The Bertz CT molecular complexity index is 1270. The fourth-order valence-corrected chi connectivity index (χ4v) is 4.16. The molecule has 0 bridgehead atoms. The number of rotatable bonds is 11. The molecule has 1 N–H and O–H groups in total. The summed E-state index contributed by atoms with van der Waals surface area (Å²) < 4.78 is 32.3. The zero-order valence-corrected chi connectivity index (χ0v) is 20.2. The number of allylic oxidation sites excluding steroid dienone is 1. The molecule has 2 heterocycles. The molecule has 11 heteroatoms. The Balaban J connectivity index is 1.63. The fraction of sp³-hybridized carbons (Fsp3) is 0.333. The van der Waals surface area contributed by atoms with Crippen molar-refractivity contribution in [2.24, 2.45) is 0 Å². The summed E-state index contributed by atoms with van der Waals surface area (Å²) >= 11 is 1.26. The summed E-state index contributed by atoms with van der Waals surface area (Å²) in [6.45, 7) is -0.557. The Hall–Kier alpha value is -3.60. The number of nitrogens with one attached hydrogen (secondary N) is 1. The van der Waals surface area contributed by atoms with Gasteiger partial charge in [0.1, 0.15) is 23.1 Å². The number of thiazole rings is 1. The fourth-order valence-electron chi connectivity index (χ4n) is 3.13. The molecular formula is C24H26F2N4O4S. The van der Waals surface area contributed by atoms with E-state index < -0.39 is 13.0 Å². The number of unbranched alkanes of at least 4 members (excludes halogenated alkanes) is 1. The van der Waals surface area contributed by atoms with Gasteiger partial charge in [0.2, 0.25) is 11.8 Å². The lowest BCUT2D eigenvalue weighted by molar-refractivity contribution is -0.123. The Morgan fingerprint density at radius 3 is 2.80 bits per heavy atom. The van der Waals surface area contributed by atoms with E-state index in [-0.39, 0.29) is 36.0 Å². The summed E-state index contributed by atoms with van der Waals surface area (Å²) in [6, 6.07) is 8.20. The molecule has 0 saturated carbocycles. The number of likely N-dealkylation sites (N-methyl/N-ethyl adjacent to an activating group) is 1. The van der Waals surface area contributed by atoms with Crippen molar-refractivity contribution in [2.45, 2.75) is 32.2 Å². The number of aromatic nitrogens is 2. The molecule has 0 atom stereocenters. The number of halogens is 2. The van der Waals surface area contributed by atoms with Crippen LogP contribution in [0, 0.1) is 0 Å². The van der Waals surface area contributed by atoms with Crippen LogP contribution in [-0.2, 0) is 16.1 Å². The minimum Gasteiger partial charge on any atom is -0.486 e. The lowest BCUT2D eigenvalue weighted by Crippen LogP contribution is -2.25. The van der Waals surface area contributed by atoms with Crippen molar-refractivity contribution in [3.8, 4) is 5.75 Å². The zero-order chi connectivity index (χ0) is 25.4. The maximum absolute atomic E-state index is 12.8. The Labute approximate surface area is 204 Å². The number of nitrogens with zero attached hydrogens (tertiary/aromatic N) is 3. The van der Waals surface area contributed by atoms with Crippen LogP contribution >= 0.6 is 11.3 Å². The van der Waals surface area contributed by atoms with E-state index >= 15 is 0 Å². The van der Waals surface area contributed by atoms with Crippen LogP contribution in [0.1, 0.15) is 24.3 Å². The second-order valence-corrected chi connectivity index (χ2v) is 8.93. The van der Waals surface area contributed by atoms with Gasteiger partial charge in [-0.05, 0) is 43.2 Å². The number of alkyl halides is 2. The molecular weight excluding hydrogens is 478 g/mol. The minimum atomic E-state index is -2.59. The van der Waals surface area contributed by atoms with Crippen molar-refractivity contribution in [3.63, 3.8) is 0 Å². The van der Waals surface area contributed by atoms with E-state index in [1.54, 1.807) is 50.6 Å². The molecule has 8 nitrogen and oxygen atoms in total. The van der Waals surface area contributed by atoms with E-state index in [9.17, 15) is 23.2 Å². The first-order valence-electron chi connectivity index (χ1n) is 10.9. The standard InChI is InChI=1S/C24H26F2N4O4S/c1-29(2)22(32)12-5-3-4-11-20(31)27-17-9-7-13-30(24(17)33)14-21-28-16-8-6-10-18(23(16)35-21)34-15-19(25)26/h5-10,12-13,19H,3-4,11,14-15H2,1-2H3,(H,27,31)/b12-5+. The maximum Gasteiger partial charge on any atom is 0.274 e. The molecule has 0 aliphatic rings. The van der Waals surface area contributed by atoms with Gasteiger partial charge in [0.25, 0.3) is 12.0 Å². The maximum atomic E-state index is 12.8. The number of carbonyl (C=O) groups excluding carboxylic acids is 2. The van der Waals surface area contributed by atoms with Gasteiger partial charge in [-0.25, -0.2) is 13.8 Å². The van der Waals surface area contributed by atoms with Crippen molar-refractivity contribution < 1.29 is 23.1 Å². The van der Waals surface area contributed by atoms with Crippen molar-refractivity contribution in [1.82, 2.24) is 14.5 Å². The number of benzene rings is 1. The van der Waals surface area contributed by atoms with Crippen LogP contribution < -0.4 is 15.6 Å². The van der Waals surface area contributed by atoms with Gasteiger partial charge in [-0.1, -0.05) is 12.1 Å². The Kier molecular flexibility index (Phi) is 9.07. The van der Waals surface area contributed by atoms with Crippen LogP contribution in [0.3, 0.4) is 0 Å². The summed E-state index contributed by atoms with van der Waals surface area (Å²) in [6.07, 6.45) is 3.48. The molecule has 0 spiro atoms. The molecule has 3 rings (SSSR count). The predicted octanol–water partition coefficient (Wildman–Crippen LogP) is 3.90. The summed E-state index contributed by atoms with van der Waals surface area (Å²) in [5, 5.41) is 3.23. The summed E-state index contributed by atoms with van der Waals surface area (Å²) in [4.78, 5) is 42.5. The van der Waals surface area contributed by atoms with Crippen LogP contribution in [0.4, 0.5) is 14.5 Å². The van der Waals surface area contributed by atoms with Crippen LogP contribution in [0.15, 0.2) is 53.5 Å². The normalized spacial score (nSPS) is 11.3. The van der Waals surface area contributed by atoms with Gasteiger partial charge in [-0.3, -0.25) is 14.4 Å². The molecule has 1 aromatic carbocycles. The molecule has 3 aromatic rings. The van der Waals surface area contributed by atoms with Crippen LogP contribution in [0.25, 0.3) is 10.2 Å². The predicted molar refractivity (Wildman–Crippen MR) is 131 cm³/mol. The van der Waals surface area contributed by atoms with Gasteiger partial charge in [0, 0.05) is 26.7 Å². The highest BCUT2D eigenvalue weighted by Crippen LogP contribution is 2.31. The van der Waals surface area contributed by atoms with E-state index in [0.29, 0.717) is 33.8 Å². The highest BCUT2D eigenvalue weighted by Gasteiger charge is 2.13. The van der Waals surface area contributed by atoms with Crippen molar-refractivity contribution in [3.05, 3.63) is 64.0 Å². The van der Waals surface area contributed by atoms with Crippen LogP contribution in [0.2, 0.25) is 0 Å². The van der Waals surface area contributed by atoms with E-state index in [1.807, 2.05) is 0 Å². The smallest absolute Gasteiger partial charge is 0.274 e. The molecule has 0 fully saturated rings. The van der Waals surface area contributed by atoms with Gasteiger partial charge >= 0.3 is 0 Å². The topological polar surface area (TPSA) is 93.5 Å². The van der Waals surface area contributed by atoms with Gasteiger partial charge in [0.15, 0.2) is 0 Å². The number of fused-ring (bicyclic) bond motifs is 1. The van der Waals surface area contributed by atoms with E-state index in [0.717, 1.165) is 0 Å². The first kappa shape index (κ1) is 26.0. The molecule has 0 radical (unpaired) electrons. The third kappa shape index (κ3) is 7.44. The van der Waals surface area contributed by atoms with Crippen LogP contribution in [-0.4, -0.2) is 53.4 Å². The quantitative estimate of drug-likeness (QED) is 0.316. The third-order valence-corrected chi connectivity index (χ3v) is 5.93. The molecule has 0 unspecified atom stereocenters. The average Bonchev–Trinajstić information content (AvgIpc) is 3.23. The molecule has 2 aromatic heterocycles. The lowest BCUT2D eigenvalue weighted by Gasteiger charge is -2.08. The van der Waals surface area contributed by atoms with Crippen molar-refractivity contribution in [2.75, 3.05) is 26.0 Å². The van der Waals surface area contributed by atoms with Gasteiger partial charge in [-0.2, -0.15) is 0 Å². The summed E-state index contributed by atoms with van der Waals surface area (Å²) in [5.74, 6) is -0.0989. The number of hydrogen-bond acceptors (Lipinski definition) is 6. The first-order valence-corrected chi connectivity index (χ1v) is 11.7. The number of hydrogen-bond donors (Lipinski definition) is 1. The second kappa shape index (κ2) is 12.2. The Morgan fingerprint density at radius 1 is 1.26 bits per heavy atom. The largest absolute Gasteiger partial charge is 0.486 e. The highest BCUT2D eigenvalue weighted by atomic mass is 32.1. The molecule has 0 aliphatic heterocycles. The monoisotopic (exact) mass is 504 g/mol. The van der Waals surface area contributed by atoms with E-state index in [1.165, 1.54) is 32.9 Å². The first-order chi connectivity index (χ1) is 16.7. The third-order valence-electron chi connectivity index (χ3n) is 4.86. The van der Waals surface area contributed by atoms with E-state index in [4.69, 9.17) is 4.74 Å². The number of pyridine rings is 1. The van der Waals surface area contributed by atoms with Gasteiger partial charge in [0.05, 0.1) is 16.8 Å². The number of ether oxygens (including phenoxy) is 1. The molecule has 0 saturated heterocycles. The van der Waals surface area contributed by atoms with Crippen molar-refractivity contribution >= 4 is 39.1 Å². The molecule has 2 amide bonds. The highest BCUT2D eigenvalue weighted by molar-refractivity contribution is 7.19. The lowest BCUT2D eigenvalue weighted by atomic mass is 10.2. The molecule has 35 heavy (non-hydrogen) atoms. The number of anilines is 1. The van der Waals surface area contributed by atoms with Gasteiger partial charge < -0.3 is 19.5 Å². The average molecular weight is 505 g/mol. The zero-order valence-electron chi connectivity index (χ0n) is 19.4. The molecule has 186 valence electrons. The van der Waals surface area contributed by atoms with Crippen molar-refractivity contribution in [1.29, 1.82) is 0 Å². The summed E-state index contributed by atoms with van der Waals surface area (Å²) in [5.41, 5.74) is 0.360. The van der Waals surface area contributed by atoms with Gasteiger partial charge in [-0.15, -0.1) is 11.3 Å². The molecule has 0 aliphatic carbocycles. The number of carbonyl (C=O) groups is 2. The number of amides is 2. The van der Waals surface area contributed by atoms with E-state index in [2.05, 4.69) is 10.3 Å². The SMILES string of the molecule is CN(C)C(=O)/C=C/CCCC(=O)Nc1cccn(Cc2nc3cccc(OCC(F)F)c3s2)c1=O. The summed E-state index contributed by atoms with van der Waals surface area (Å²) in [7, 11) is 3.32. The van der Waals surface area contributed by atoms with Crippen LogP contribution in [0.5, 0.6) is 5.75 Å². The second-order valence-electron chi connectivity index (χ2n) is 7.84.